The van der Waals surface area contributed by atoms with Crippen LogP contribution in [0.3, 0.4) is 0 Å². The standard InChI is InChI=1S/C16H27NO2/c1-13(2)19-16-9-7-15(8-10-16)14(3)17-11-5-4-6-12-18/h7-10,13-14,17-18H,4-6,11-12H2,1-3H3. The summed E-state index contributed by atoms with van der Waals surface area (Å²) in [4.78, 5) is 0. The van der Waals surface area contributed by atoms with Crippen LogP contribution in [0.25, 0.3) is 0 Å². The Kier molecular flexibility index (Phi) is 7.53. The van der Waals surface area contributed by atoms with E-state index in [9.17, 15) is 0 Å². The molecule has 3 heteroatoms. The zero-order valence-corrected chi connectivity index (χ0v) is 12.4. The molecule has 0 bridgehead atoms. The Labute approximate surface area is 117 Å². The van der Waals surface area contributed by atoms with E-state index in [2.05, 4.69) is 24.4 Å². The van der Waals surface area contributed by atoms with Gasteiger partial charge in [0.1, 0.15) is 5.75 Å². The lowest BCUT2D eigenvalue weighted by molar-refractivity contribution is 0.242. The van der Waals surface area contributed by atoms with Crippen molar-refractivity contribution in [1.82, 2.24) is 5.32 Å². The molecule has 1 aromatic rings. The molecule has 0 spiro atoms. The minimum atomic E-state index is 0.216. The summed E-state index contributed by atoms with van der Waals surface area (Å²) >= 11 is 0. The van der Waals surface area contributed by atoms with E-state index in [0.717, 1.165) is 31.6 Å². The number of aliphatic hydroxyl groups excluding tert-OH is 1. The lowest BCUT2D eigenvalue weighted by Gasteiger charge is -2.15. The van der Waals surface area contributed by atoms with Gasteiger partial charge in [-0.05, 0) is 64.3 Å². The first-order valence-electron chi connectivity index (χ1n) is 7.24. The van der Waals surface area contributed by atoms with Gasteiger partial charge in [0.15, 0.2) is 0 Å². The molecule has 1 atom stereocenters. The fourth-order valence-corrected chi connectivity index (χ4v) is 1.96. The number of nitrogens with one attached hydrogen (secondary N) is 1. The maximum absolute atomic E-state index is 8.71. The first-order valence-corrected chi connectivity index (χ1v) is 7.24. The number of benzene rings is 1. The molecule has 1 unspecified atom stereocenters. The molecule has 0 aliphatic rings. The summed E-state index contributed by atoms with van der Waals surface area (Å²) in [7, 11) is 0. The minimum absolute atomic E-state index is 0.216. The molecule has 0 heterocycles. The monoisotopic (exact) mass is 265 g/mol. The van der Waals surface area contributed by atoms with E-state index >= 15 is 0 Å². The number of aliphatic hydroxyl groups is 1. The first kappa shape index (κ1) is 16.0. The summed E-state index contributed by atoms with van der Waals surface area (Å²) in [5, 5.41) is 12.2. The normalized spacial score (nSPS) is 12.7. The maximum atomic E-state index is 8.71. The molecule has 1 rings (SSSR count). The molecule has 0 fully saturated rings. The molecular formula is C16H27NO2. The highest BCUT2D eigenvalue weighted by atomic mass is 16.5. The van der Waals surface area contributed by atoms with Crippen molar-refractivity contribution in [1.29, 1.82) is 0 Å². The van der Waals surface area contributed by atoms with Crippen molar-refractivity contribution >= 4 is 0 Å². The fraction of sp³-hybridized carbons (Fsp3) is 0.625. The number of hydrogen-bond acceptors (Lipinski definition) is 3. The van der Waals surface area contributed by atoms with Crippen LogP contribution in [0.1, 0.15) is 51.6 Å². The van der Waals surface area contributed by atoms with Gasteiger partial charge in [-0.15, -0.1) is 0 Å². The average molecular weight is 265 g/mol. The van der Waals surface area contributed by atoms with Crippen LogP contribution in [0.4, 0.5) is 0 Å². The van der Waals surface area contributed by atoms with Crippen molar-refractivity contribution in [3.8, 4) is 5.75 Å². The second-order valence-corrected chi connectivity index (χ2v) is 5.20. The smallest absolute Gasteiger partial charge is 0.119 e. The van der Waals surface area contributed by atoms with Crippen molar-refractivity contribution in [2.75, 3.05) is 13.2 Å². The number of unbranched alkanes of at least 4 members (excludes halogenated alkanes) is 2. The number of rotatable bonds is 9. The summed E-state index contributed by atoms with van der Waals surface area (Å²) in [6.45, 7) is 7.53. The van der Waals surface area contributed by atoms with Crippen molar-refractivity contribution in [3.05, 3.63) is 29.8 Å². The Morgan fingerprint density at radius 1 is 1.05 bits per heavy atom. The molecule has 0 radical (unpaired) electrons. The van der Waals surface area contributed by atoms with Gasteiger partial charge in [-0.25, -0.2) is 0 Å². The second kappa shape index (κ2) is 8.94. The Balaban J connectivity index is 2.33. The van der Waals surface area contributed by atoms with Gasteiger partial charge in [0.05, 0.1) is 6.10 Å². The third kappa shape index (κ3) is 6.60. The largest absolute Gasteiger partial charge is 0.491 e. The fourth-order valence-electron chi connectivity index (χ4n) is 1.96. The van der Waals surface area contributed by atoms with Gasteiger partial charge in [-0.3, -0.25) is 0 Å². The second-order valence-electron chi connectivity index (χ2n) is 5.20. The molecule has 108 valence electrons. The van der Waals surface area contributed by atoms with Crippen LogP contribution in [0, 0.1) is 0 Å². The molecule has 0 aliphatic carbocycles. The lowest BCUT2D eigenvalue weighted by atomic mass is 10.1. The highest BCUT2D eigenvalue weighted by Gasteiger charge is 2.05. The summed E-state index contributed by atoms with van der Waals surface area (Å²) in [6.07, 6.45) is 3.31. The molecule has 0 saturated carbocycles. The van der Waals surface area contributed by atoms with E-state index in [4.69, 9.17) is 9.84 Å². The molecule has 0 saturated heterocycles. The number of hydrogen-bond donors (Lipinski definition) is 2. The third-order valence-electron chi connectivity index (χ3n) is 3.04. The molecule has 1 aromatic carbocycles. The zero-order valence-electron chi connectivity index (χ0n) is 12.4. The van der Waals surface area contributed by atoms with Crippen LogP contribution in [0.5, 0.6) is 5.75 Å². The van der Waals surface area contributed by atoms with E-state index in [1.807, 2.05) is 26.0 Å². The van der Waals surface area contributed by atoms with Gasteiger partial charge in [-0.1, -0.05) is 12.1 Å². The lowest BCUT2D eigenvalue weighted by Crippen LogP contribution is -2.19. The topological polar surface area (TPSA) is 41.5 Å². The first-order chi connectivity index (χ1) is 9.13. The van der Waals surface area contributed by atoms with Crippen LogP contribution in [-0.2, 0) is 0 Å². The molecule has 3 nitrogen and oxygen atoms in total. The van der Waals surface area contributed by atoms with E-state index in [1.54, 1.807) is 0 Å². The molecule has 0 amide bonds. The zero-order chi connectivity index (χ0) is 14.1. The predicted molar refractivity (Wildman–Crippen MR) is 79.6 cm³/mol. The predicted octanol–water partition coefficient (Wildman–Crippen LogP) is 3.29. The molecule has 0 aliphatic heterocycles. The van der Waals surface area contributed by atoms with Gasteiger partial charge < -0.3 is 15.2 Å². The van der Waals surface area contributed by atoms with Crippen molar-refractivity contribution in [2.45, 2.75) is 52.2 Å². The van der Waals surface area contributed by atoms with Crippen molar-refractivity contribution in [2.24, 2.45) is 0 Å². The van der Waals surface area contributed by atoms with Crippen LogP contribution < -0.4 is 10.1 Å². The van der Waals surface area contributed by atoms with Crippen molar-refractivity contribution in [3.63, 3.8) is 0 Å². The van der Waals surface area contributed by atoms with Gasteiger partial charge >= 0.3 is 0 Å². The van der Waals surface area contributed by atoms with Crippen LogP contribution in [-0.4, -0.2) is 24.4 Å². The summed E-state index contributed by atoms with van der Waals surface area (Å²) in [5.74, 6) is 0.925. The van der Waals surface area contributed by atoms with E-state index in [-0.39, 0.29) is 6.10 Å². The van der Waals surface area contributed by atoms with E-state index < -0.39 is 0 Å². The van der Waals surface area contributed by atoms with Crippen molar-refractivity contribution < 1.29 is 9.84 Å². The van der Waals surface area contributed by atoms with Gasteiger partial charge in [-0.2, -0.15) is 0 Å². The Hall–Kier alpha value is -1.06. The summed E-state index contributed by atoms with van der Waals surface area (Å²) in [6, 6.07) is 8.63. The van der Waals surface area contributed by atoms with Crippen LogP contribution in [0.15, 0.2) is 24.3 Å². The Morgan fingerprint density at radius 3 is 2.32 bits per heavy atom. The van der Waals surface area contributed by atoms with Gasteiger partial charge in [0.25, 0.3) is 0 Å². The van der Waals surface area contributed by atoms with E-state index in [1.165, 1.54) is 5.56 Å². The average Bonchev–Trinajstić information content (AvgIpc) is 2.38. The highest BCUT2D eigenvalue weighted by Crippen LogP contribution is 2.18. The quantitative estimate of drug-likeness (QED) is 0.673. The minimum Gasteiger partial charge on any atom is -0.491 e. The molecule has 2 N–H and O–H groups in total. The third-order valence-corrected chi connectivity index (χ3v) is 3.04. The maximum Gasteiger partial charge on any atom is 0.119 e. The van der Waals surface area contributed by atoms with Crippen LogP contribution >= 0.6 is 0 Å². The SMILES string of the molecule is CC(C)Oc1ccc(C(C)NCCCCCO)cc1. The highest BCUT2D eigenvalue weighted by molar-refractivity contribution is 5.29. The van der Waals surface area contributed by atoms with Crippen LogP contribution in [0.2, 0.25) is 0 Å². The molecular weight excluding hydrogens is 238 g/mol. The molecule has 19 heavy (non-hydrogen) atoms. The number of ether oxygens (including phenoxy) is 1. The summed E-state index contributed by atoms with van der Waals surface area (Å²) < 4.78 is 5.63. The van der Waals surface area contributed by atoms with Gasteiger partial charge in [0, 0.05) is 12.6 Å². The van der Waals surface area contributed by atoms with Gasteiger partial charge in [0.2, 0.25) is 0 Å². The molecule has 0 aromatic heterocycles. The Bertz CT molecular complexity index is 335. The van der Waals surface area contributed by atoms with E-state index in [0.29, 0.717) is 12.6 Å². The Morgan fingerprint density at radius 2 is 1.74 bits per heavy atom. The summed E-state index contributed by atoms with van der Waals surface area (Å²) in [5.41, 5.74) is 1.28.